The molecule has 0 radical (unpaired) electrons. The van der Waals surface area contributed by atoms with E-state index in [-0.39, 0.29) is 12.1 Å². The molecule has 0 N–H and O–H groups in total. The van der Waals surface area contributed by atoms with Gasteiger partial charge >= 0.3 is 5.97 Å². The predicted molar refractivity (Wildman–Crippen MR) is 56.0 cm³/mol. The second-order valence-electron chi connectivity index (χ2n) is 4.84. The van der Waals surface area contributed by atoms with Crippen molar-refractivity contribution in [1.29, 1.82) is 0 Å². The Morgan fingerprint density at radius 1 is 1.50 bits per heavy atom. The third-order valence-electron chi connectivity index (χ3n) is 2.13. The average molecular weight is 197 g/mol. The Hall–Kier alpha value is -0.830. The van der Waals surface area contributed by atoms with Gasteiger partial charge in [-0.25, -0.2) is 0 Å². The lowest BCUT2D eigenvalue weighted by atomic mass is 9.97. The highest BCUT2D eigenvalue weighted by Gasteiger charge is 2.26. The second-order valence-corrected chi connectivity index (χ2v) is 4.84. The van der Waals surface area contributed by atoms with Crippen LogP contribution in [0.2, 0.25) is 0 Å². The van der Waals surface area contributed by atoms with Gasteiger partial charge < -0.3 is 4.74 Å². The van der Waals surface area contributed by atoms with Crippen LogP contribution in [0.4, 0.5) is 0 Å². The molecule has 0 fully saturated rings. The van der Waals surface area contributed by atoms with Crippen LogP contribution in [0.15, 0.2) is 12.2 Å². The van der Waals surface area contributed by atoms with Crippen molar-refractivity contribution in [1.82, 2.24) is 4.90 Å². The summed E-state index contributed by atoms with van der Waals surface area (Å²) in [6.07, 6.45) is 3.91. The first-order chi connectivity index (χ1) is 6.39. The van der Waals surface area contributed by atoms with Crippen molar-refractivity contribution >= 4 is 5.97 Å². The Labute approximate surface area is 85.7 Å². The van der Waals surface area contributed by atoms with Crippen LogP contribution in [0.5, 0.6) is 0 Å². The summed E-state index contributed by atoms with van der Waals surface area (Å²) < 4.78 is 5.36. The number of carbonyl (C=O) groups is 1. The molecular weight excluding hydrogens is 178 g/mol. The van der Waals surface area contributed by atoms with Gasteiger partial charge in [0.05, 0.1) is 5.41 Å². The van der Waals surface area contributed by atoms with E-state index in [4.69, 9.17) is 4.74 Å². The molecule has 1 atom stereocenters. The number of hydrogen-bond donors (Lipinski definition) is 0. The molecule has 0 aromatic carbocycles. The van der Waals surface area contributed by atoms with E-state index in [1.165, 1.54) is 0 Å². The van der Waals surface area contributed by atoms with Crippen molar-refractivity contribution in [3.63, 3.8) is 0 Å². The predicted octanol–water partition coefficient (Wildman–Crippen LogP) is 1.45. The van der Waals surface area contributed by atoms with Gasteiger partial charge in [0.1, 0.15) is 6.10 Å². The van der Waals surface area contributed by atoms with Crippen LogP contribution in [-0.4, -0.2) is 37.1 Å². The van der Waals surface area contributed by atoms with Crippen LogP contribution < -0.4 is 0 Å². The van der Waals surface area contributed by atoms with Gasteiger partial charge in [-0.05, 0) is 33.9 Å². The van der Waals surface area contributed by atoms with Crippen LogP contribution in [0.3, 0.4) is 0 Å². The van der Waals surface area contributed by atoms with E-state index >= 15 is 0 Å². The van der Waals surface area contributed by atoms with Gasteiger partial charge in [0, 0.05) is 13.1 Å². The summed E-state index contributed by atoms with van der Waals surface area (Å²) in [4.78, 5) is 13.7. The van der Waals surface area contributed by atoms with Crippen molar-refractivity contribution in [2.45, 2.75) is 26.9 Å². The molecule has 0 aromatic heterocycles. The fourth-order valence-corrected chi connectivity index (χ4v) is 1.23. The van der Waals surface area contributed by atoms with Crippen LogP contribution in [-0.2, 0) is 9.53 Å². The van der Waals surface area contributed by atoms with Crippen LogP contribution in [0.1, 0.15) is 20.8 Å². The van der Waals surface area contributed by atoms with Gasteiger partial charge in [-0.2, -0.15) is 0 Å². The van der Waals surface area contributed by atoms with Gasteiger partial charge in [-0.15, -0.1) is 0 Å². The fourth-order valence-electron chi connectivity index (χ4n) is 1.23. The molecule has 0 aliphatic carbocycles. The standard InChI is InChI=1S/C11H19NO2/c1-11(2,3)10(13)14-9-6-5-7-12(4)8-9/h5-6,9H,7-8H2,1-4H3. The van der Waals surface area contributed by atoms with Crippen molar-refractivity contribution in [3.8, 4) is 0 Å². The summed E-state index contributed by atoms with van der Waals surface area (Å²) >= 11 is 0. The summed E-state index contributed by atoms with van der Waals surface area (Å²) in [7, 11) is 2.02. The van der Waals surface area contributed by atoms with E-state index in [1.807, 2.05) is 40.0 Å². The van der Waals surface area contributed by atoms with E-state index in [2.05, 4.69) is 4.90 Å². The maximum Gasteiger partial charge on any atom is 0.311 e. The third-order valence-corrected chi connectivity index (χ3v) is 2.13. The SMILES string of the molecule is CN1CC=CC(OC(=O)C(C)(C)C)C1. The molecule has 0 saturated heterocycles. The summed E-state index contributed by atoms with van der Waals surface area (Å²) in [5.74, 6) is -0.137. The van der Waals surface area contributed by atoms with Crippen LogP contribution >= 0.6 is 0 Å². The summed E-state index contributed by atoms with van der Waals surface area (Å²) in [5, 5.41) is 0. The Morgan fingerprint density at radius 2 is 2.14 bits per heavy atom. The number of hydrogen-bond acceptors (Lipinski definition) is 3. The van der Waals surface area contributed by atoms with Crippen molar-refractivity contribution in [2.24, 2.45) is 5.41 Å². The average Bonchev–Trinajstić information content (AvgIpc) is 2.02. The number of nitrogens with zero attached hydrogens (tertiary/aromatic N) is 1. The largest absolute Gasteiger partial charge is 0.456 e. The molecule has 0 saturated carbocycles. The highest BCUT2D eigenvalue weighted by atomic mass is 16.5. The molecule has 0 bridgehead atoms. The minimum absolute atomic E-state index is 0.0829. The molecule has 0 spiro atoms. The lowest BCUT2D eigenvalue weighted by Gasteiger charge is -2.27. The fraction of sp³-hybridized carbons (Fsp3) is 0.727. The summed E-state index contributed by atoms with van der Waals surface area (Å²) in [6.45, 7) is 7.32. The number of esters is 1. The van der Waals surface area contributed by atoms with Gasteiger partial charge in [-0.3, -0.25) is 9.69 Å². The minimum atomic E-state index is -0.413. The second kappa shape index (κ2) is 4.13. The lowest BCUT2D eigenvalue weighted by Crippen LogP contribution is -2.37. The molecule has 1 unspecified atom stereocenters. The molecule has 1 aliphatic rings. The normalized spacial score (nSPS) is 23.6. The first-order valence-corrected chi connectivity index (χ1v) is 4.96. The van der Waals surface area contributed by atoms with Crippen LogP contribution in [0.25, 0.3) is 0 Å². The Kier molecular flexibility index (Phi) is 3.32. The number of carbonyl (C=O) groups excluding carboxylic acids is 1. The maximum absolute atomic E-state index is 11.6. The highest BCUT2D eigenvalue weighted by molar-refractivity contribution is 5.75. The molecule has 80 valence electrons. The van der Waals surface area contributed by atoms with Gasteiger partial charge in [0.15, 0.2) is 0 Å². The first-order valence-electron chi connectivity index (χ1n) is 4.96. The van der Waals surface area contributed by atoms with Gasteiger partial charge in [-0.1, -0.05) is 6.08 Å². The van der Waals surface area contributed by atoms with Crippen molar-refractivity contribution in [3.05, 3.63) is 12.2 Å². The molecule has 1 aliphatic heterocycles. The zero-order valence-corrected chi connectivity index (χ0v) is 9.41. The number of likely N-dealkylation sites (N-methyl/N-ethyl adjacent to an activating group) is 1. The Morgan fingerprint density at radius 3 is 2.64 bits per heavy atom. The highest BCUT2D eigenvalue weighted by Crippen LogP contribution is 2.17. The zero-order chi connectivity index (χ0) is 10.8. The first kappa shape index (κ1) is 11.2. The molecule has 14 heavy (non-hydrogen) atoms. The molecule has 3 nitrogen and oxygen atoms in total. The molecular formula is C11H19NO2. The van der Waals surface area contributed by atoms with E-state index in [0.717, 1.165) is 13.1 Å². The topological polar surface area (TPSA) is 29.5 Å². The van der Waals surface area contributed by atoms with Crippen LogP contribution in [0, 0.1) is 5.41 Å². The summed E-state index contributed by atoms with van der Waals surface area (Å²) in [6, 6.07) is 0. The molecule has 0 aromatic rings. The van der Waals surface area contributed by atoms with E-state index < -0.39 is 5.41 Å². The van der Waals surface area contributed by atoms with E-state index in [1.54, 1.807) is 0 Å². The minimum Gasteiger partial charge on any atom is -0.456 e. The molecule has 3 heteroatoms. The quantitative estimate of drug-likeness (QED) is 0.470. The molecule has 1 heterocycles. The number of rotatable bonds is 1. The zero-order valence-electron chi connectivity index (χ0n) is 9.41. The summed E-state index contributed by atoms with van der Waals surface area (Å²) in [5.41, 5.74) is -0.413. The van der Waals surface area contributed by atoms with Crippen molar-refractivity contribution in [2.75, 3.05) is 20.1 Å². The molecule has 1 rings (SSSR count). The number of ether oxygens (including phenoxy) is 1. The third kappa shape index (κ3) is 3.14. The Bertz CT molecular complexity index is 240. The maximum atomic E-state index is 11.6. The Balaban J connectivity index is 2.49. The van der Waals surface area contributed by atoms with Gasteiger partial charge in [0.25, 0.3) is 0 Å². The lowest BCUT2D eigenvalue weighted by molar-refractivity contribution is -0.157. The van der Waals surface area contributed by atoms with E-state index in [0.29, 0.717) is 0 Å². The van der Waals surface area contributed by atoms with E-state index in [9.17, 15) is 4.79 Å². The smallest absolute Gasteiger partial charge is 0.311 e. The van der Waals surface area contributed by atoms with Gasteiger partial charge in [0.2, 0.25) is 0 Å². The monoisotopic (exact) mass is 197 g/mol. The van der Waals surface area contributed by atoms with Crippen molar-refractivity contribution < 1.29 is 9.53 Å². The molecule has 0 amide bonds.